The quantitative estimate of drug-likeness (QED) is 0.600. The van der Waals surface area contributed by atoms with Gasteiger partial charge in [-0.2, -0.15) is 19.8 Å². The summed E-state index contributed by atoms with van der Waals surface area (Å²) >= 11 is 0. The van der Waals surface area contributed by atoms with Crippen molar-refractivity contribution in [2.45, 2.75) is 26.2 Å². The molecule has 0 amide bonds. The Labute approximate surface area is 78.9 Å². The van der Waals surface area contributed by atoms with Gasteiger partial charge in [-0.1, -0.05) is 19.8 Å². The Morgan fingerprint density at radius 2 is 1.56 bits per heavy atom. The van der Waals surface area contributed by atoms with Gasteiger partial charge < -0.3 is 5.11 Å². The molecule has 0 aromatic heterocycles. The fourth-order valence-electron chi connectivity index (χ4n) is 0.362. The maximum absolute atomic E-state index is 8.20. The second kappa shape index (κ2) is 22.7. The molecule has 0 fully saturated rings. The Morgan fingerprint density at radius 1 is 1.11 bits per heavy atom. The minimum Gasteiger partial charge on any atom is -0.396 e. The molecule has 0 spiro atoms. The Morgan fingerprint density at radius 3 is 1.67 bits per heavy atom. The van der Waals surface area contributed by atoms with Gasteiger partial charge in [0.15, 0.2) is 0 Å². The molecule has 0 saturated heterocycles. The van der Waals surface area contributed by atoms with Crippen molar-refractivity contribution in [3.8, 4) is 0 Å². The van der Waals surface area contributed by atoms with Crippen LogP contribution in [0.4, 0.5) is 0 Å². The summed E-state index contributed by atoms with van der Waals surface area (Å²) in [7, 11) is 0. The first-order valence-electron chi connectivity index (χ1n) is 2.52. The van der Waals surface area contributed by atoms with Crippen LogP contribution in [0.2, 0.25) is 0 Å². The number of rotatable bonds is 3. The summed E-state index contributed by atoms with van der Waals surface area (Å²) in [5, 5.41) is 8.20. The summed E-state index contributed by atoms with van der Waals surface area (Å²) < 4.78 is 0. The van der Waals surface area contributed by atoms with E-state index in [0.717, 1.165) is 12.8 Å². The van der Waals surface area contributed by atoms with Gasteiger partial charge in [0.1, 0.15) is 0 Å². The van der Waals surface area contributed by atoms with Crippen molar-refractivity contribution in [2.24, 2.45) is 0 Å². The minimum absolute atomic E-state index is 0. The van der Waals surface area contributed by atoms with Crippen molar-refractivity contribution in [1.82, 2.24) is 0 Å². The third kappa shape index (κ3) is 26.4. The van der Waals surface area contributed by atoms with Crippen LogP contribution in [0.5, 0.6) is 0 Å². The zero-order valence-corrected chi connectivity index (χ0v) is 11.1. The van der Waals surface area contributed by atoms with Gasteiger partial charge in [0.05, 0.1) is 0 Å². The second-order valence-corrected chi connectivity index (χ2v) is 1.43. The van der Waals surface area contributed by atoms with Gasteiger partial charge in [0, 0.05) is 27.7 Å². The number of hydrogen-bond donors (Lipinski definition) is 1. The summed E-state index contributed by atoms with van der Waals surface area (Å²) in [6, 6.07) is 0. The van der Waals surface area contributed by atoms with E-state index in [1.807, 2.05) is 0 Å². The third-order valence-corrected chi connectivity index (χ3v) is 0.762. The van der Waals surface area contributed by atoms with Crippen LogP contribution < -0.4 is 0 Å². The molecular formula is C5H18OP2Pt. The van der Waals surface area contributed by atoms with Crippen LogP contribution in [0.25, 0.3) is 0 Å². The van der Waals surface area contributed by atoms with E-state index in [2.05, 4.69) is 6.92 Å². The van der Waals surface area contributed by atoms with E-state index in [9.17, 15) is 0 Å². The molecule has 4 heteroatoms. The van der Waals surface area contributed by atoms with Crippen molar-refractivity contribution in [3.05, 3.63) is 0 Å². The molecule has 0 radical (unpaired) electrons. The normalized spacial score (nSPS) is 6.00. The summed E-state index contributed by atoms with van der Waals surface area (Å²) in [6.07, 6.45) is 3.33. The zero-order chi connectivity index (χ0) is 4.83. The van der Waals surface area contributed by atoms with Crippen LogP contribution >= 0.6 is 19.8 Å². The first-order valence-corrected chi connectivity index (χ1v) is 2.52. The fourth-order valence-corrected chi connectivity index (χ4v) is 0.362. The van der Waals surface area contributed by atoms with Crippen molar-refractivity contribution >= 4 is 19.8 Å². The molecule has 2 atom stereocenters. The average molecular weight is 351 g/mol. The van der Waals surface area contributed by atoms with Gasteiger partial charge in [-0.3, -0.25) is 0 Å². The Balaban J connectivity index is -0.0000000417. The maximum Gasteiger partial charge on any atom is 0.0431 e. The van der Waals surface area contributed by atoms with E-state index in [1.165, 1.54) is 6.42 Å². The fraction of sp³-hybridized carbons (Fsp3) is 1.00. The SMILES string of the molecule is CCCCCO.P.P.[Pt]. The van der Waals surface area contributed by atoms with Crippen LogP contribution in [0, 0.1) is 0 Å². The van der Waals surface area contributed by atoms with Crippen LogP contribution in [0.1, 0.15) is 26.2 Å². The van der Waals surface area contributed by atoms with E-state index in [1.54, 1.807) is 0 Å². The van der Waals surface area contributed by atoms with Gasteiger partial charge in [-0.05, 0) is 6.42 Å². The Kier molecular flexibility index (Phi) is 56.5. The van der Waals surface area contributed by atoms with Gasteiger partial charge in [-0.15, -0.1) is 0 Å². The predicted octanol–water partition coefficient (Wildman–Crippen LogP) is 1.28. The monoisotopic (exact) mass is 351 g/mol. The number of aliphatic hydroxyl groups excluding tert-OH is 1. The van der Waals surface area contributed by atoms with Gasteiger partial charge in [0.2, 0.25) is 0 Å². The van der Waals surface area contributed by atoms with Crippen LogP contribution in [-0.4, -0.2) is 11.7 Å². The number of aliphatic hydroxyl groups is 1. The first-order chi connectivity index (χ1) is 2.91. The zero-order valence-electron chi connectivity index (χ0n) is 6.01. The Bertz CT molecular complexity index is 26.9. The average Bonchev–Trinajstić information content (AvgIpc) is 1.61. The van der Waals surface area contributed by atoms with Gasteiger partial charge in [-0.25, -0.2) is 0 Å². The molecule has 0 aromatic rings. The molecule has 0 rings (SSSR count). The molecule has 1 nitrogen and oxygen atoms in total. The summed E-state index contributed by atoms with van der Waals surface area (Å²) in [4.78, 5) is 0. The van der Waals surface area contributed by atoms with Crippen LogP contribution in [-0.2, 0) is 21.1 Å². The molecule has 1 N–H and O–H groups in total. The van der Waals surface area contributed by atoms with Gasteiger partial charge >= 0.3 is 0 Å². The van der Waals surface area contributed by atoms with E-state index < -0.39 is 0 Å². The molecule has 0 aliphatic rings. The summed E-state index contributed by atoms with van der Waals surface area (Å²) in [5.74, 6) is 0. The molecule has 0 aliphatic heterocycles. The van der Waals surface area contributed by atoms with E-state index in [0.29, 0.717) is 6.61 Å². The summed E-state index contributed by atoms with van der Waals surface area (Å²) in [5.41, 5.74) is 0. The molecule has 0 saturated carbocycles. The van der Waals surface area contributed by atoms with Crippen molar-refractivity contribution in [2.75, 3.05) is 6.61 Å². The van der Waals surface area contributed by atoms with E-state index in [4.69, 9.17) is 5.11 Å². The largest absolute Gasteiger partial charge is 0.396 e. The predicted molar refractivity (Wildman–Crippen MR) is 48.8 cm³/mol. The number of unbranched alkanes of at least 4 members (excludes halogenated alkanes) is 2. The van der Waals surface area contributed by atoms with Crippen LogP contribution in [0.15, 0.2) is 0 Å². The van der Waals surface area contributed by atoms with Crippen molar-refractivity contribution < 1.29 is 26.2 Å². The maximum atomic E-state index is 8.20. The number of hydrogen-bond acceptors (Lipinski definition) is 1. The summed E-state index contributed by atoms with van der Waals surface area (Å²) in [6.45, 7) is 2.48. The molecule has 2 unspecified atom stereocenters. The molecule has 0 aliphatic carbocycles. The van der Waals surface area contributed by atoms with Crippen LogP contribution in [0.3, 0.4) is 0 Å². The molecule has 9 heavy (non-hydrogen) atoms. The van der Waals surface area contributed by atoms with E-state index in [-0.39, 0.29) is 40.9 Å². The molecule has 0 aromatic carbocycles. The van der Waals surface area contributed by atoms with Crippen molar-refractivity contribution in [3.63, 3.8) is 0 Å². The smallest absolute Gasteiger partial charge is 0.0431 e. The molecular weight excluding hydrogens is 333 g/mol. The van der Waals surface area contributed by atoms with Gasteiger partial charge in [0.25, 0.3) is 0 Å². The first kappa shape index (κ1) is 22.4. The molecule has 0 heterocycles. The topological polar surface area (TPSA) is 20.2 Å². The second-order valence-electron chi connectivity index (χ2n) is 1.43. The Hall–Kier alpha value is 1.51. The van der Waals surface area contributed by atoms with E-state index >= 15 is 0 Å². The van der Waals surface area contributed by atoms with Crippen molar-refractivity contribution in [1.29, 1.82) is 0 Å². The molecule has 0 bridgehead atoms. The third-order valence-electron chi connectivity index (χ3n) is 0.762. The molecule has 64 valence electrons. The standard InChI is InChI=1S/C5H12O.2H3P.Pt/c1-2-3-4-5-6;;;/h6H,2-5H2,1H3;2*1H3;. The minimum atomic E-state index is 0.